The molecule has 0 radical (unpaired) electrons. The van der Waals surface area contributed by atoms with E-state index in [0.29, 0.717) is 6.04 Å². The zero-order chi connectivity index (χ0) is 16.4. The van der Waals surface area contributed by atoms with Crippen LogP contribution < -0.4 is 11.1 Å². The van der Waals surface area contributed by atoms with E-state index in [4.69, 9.17) is 10.7 Å². The average Bonchev–Trinajstić information content (AvgIpc) is 2.63. The fourth-order valence-corrected chi connectivity index (χ4v) is 4.07. The van der Waals surface area contributed by atoms with Gasteiger partial charge < -0.3 is 11.1 Å². The van der Waals surface area contributed by atoms with Crippen molar-refractivity contribution in [3.05, 3.63) is 65.7 Å². The third kappa shape index (κ3) is 2.96. The van der Waals surface area contributed by atoms with E-state index in [0.717, 1.165) is 44.5 Å². The molecule has 0 aromatic heterocycles. The van der Waals surface area contributed by atoms with Gasteiger partial charge in [0.05, 0.1) is 6.54 Å². The van der Waals surface area contributed by atoms with Gasteiger partial charge >= 0.3 is 0 Å². The quantitative estimate of drug-likeness (QED) is 0.874. The molecule has 2 aromatic carbocycles. The zero-order valence-electron chi connectivity index (χ0n) is 14.0. The summed E-state index contributed by atoms with van der Waals surface area (Å²) in [4.78, 5) is 5.02. The summed E-state index contributed by atoms with van der Waals surface area (Å²) in [6.45, 7) is 0.735. The third-order valence-corrected chi connectivity index (χ3v) is 5.55. The monoisotopic (exact) mass is 319 g/mol. The number of nitrogens with one attached hydrogen (secondary N) is 1. The number of anilines is 1. The lowest BCUT2D eigenvalue weighted by molar-refractivity contribution is 0.256. The molecule has 1 heterocycles. The number of nitrogens with two attached hydrogens (primary N) is 1. The summed E-state index contributed by atoms with van der Waals surface area (Å²) in [5, 5.41) is 3.65. The van der Waals surface area contributed by atoms with Gasteiger partial charge in [-0.1, -0.05) is 48.5 Å². The van der Waals surface area contributed by atoms with E-state index >= 15 is 0 Å². The summed E-state index contributed by atoms with van der Waals surface area (Å²) >= 11 is 0. The highest BCUT2D eigenvalue weighted by Crippen LogP contribution is 2.44. The smallest absolute Gasteiger partial charge is 0.108 e. The normalized spacial score (nSPS) is 27.7. The molecule has 1 spiro atoms. The first-order valence-electron chi connectivity index (χ1n) is 8.95. The summed E-state index contributed by atoms with van der Waals surface area (Å²) in [5.41, 5.74) is 10.2. The Hall–Kier alpha value is -2.13. The van der Waals surface area contributed by atoms with Gasteiger partial charge in [-0.3, -0.25) is 4.99 Å². The van der Waals surface area contributed by atoms with Crippen LogP contribution in [0.4, 0.5) is 5.69 Å². The molecule has 0 amide bonds. The topological polar surface area (TPSA) is 50.4 Å². The highest BCUT2D eigenvalue weighted by molar-refractivity contribution is 6.02. The number of benzene rings is 2. The fourth-order valence-electron chi connectivity index (χ4n) is 4.07. The Kier molecular flexibility index (Phi) is 4.11. The van der Waals surface area contributed by atoms with Gasteiger partial charge in [-0.05, 0) is 49.3 Å². The first kappa shape index (κ1) is 15.4. The molecule has 124 valence electrons. The average molecular weight is 319 g/mol. The molecule has 3 N–H and O–H groups in total. The molecule has 0 atom stereocenters. The molecule has 2 aliphatic rings. The van der Waals surface area contributed by atoms with E-state index in [-0.39, 0.29) is 5.41 Å². The summed E-state index contributed by atoms with van der Waals surface area (Å²) in [6.07, 6.45) is 5.52. The molecule has 24 heavy (non-hydrogen) atoms. The molecular weight excluding hydrogens is 294 g/mol. The van der Waals surface area contributed by atoms with Crippen LogP contribution in [0.2, 0.25) is 0 Å². The maximum atomic E-state index is 6.17. The van der Waals surface area contributed by atoms with Crippen molar-refractivity contribution in [1.29, 1.82) is 0 Å². The molecule has 1 aliphatic carbocycles. The molecule has 1 aliphatic heterocycles. The van der Waals surface area contributed by atoms with Gasteiger partial charge in [0.1, 0.15) is 5.84 Å². The maximum absolute atomic E-state index is 6.17. The second kappa shape index (κ2) is 6.40. The van der Waals surface area contributed by atoms with Gasteiger partial charge in [0.2, 0.25) is 0 Å². The Balaban J connectivity index is 1.66. The Morgan fingerprint density at radius 3 is 2.50 bits per heavy atom. The Bertz CT molecular complexity index is 728. The van der Waals surface area contributed by atoms with Crippen molar-refractivity contribution in [3.8, 4) is 0 Å². The van der Waals surface area contributed by atoms with Crippen LogP contribution in [-0.4, -0.2) is 11.9 Å². The second-order valence-corrected chi connectivity index (χ2v) is 7.23. The first-order chi connectivity index (χ1) is 11.8. The third-order valence-electron chi connectivity index (χ3n) is 5.55. The molecule has 2 aromatic rings. The fraction of sp³-hybridized carbons (Fsp3) is 0.381. The van der Waals surface area contributed by atoms with Crippen molar-refractivity contribution in [2.24, 2.45) is 16.1 Å². The largest absolute Gasteiger partial charge is 0.343 e. The first-order valence-corrected chi connectivity index (χ1v) is 8.95. The van der Waals surface area contributed by atoms with Crippen LogP contribution in [0.5, 0.6) is 0 Å². The minimum absolute atomic E-state index is 0.138. The van der Waals surface area contributed by atoms with Crippen molar-refractivity contribution >= 4 is 11.5 Å². The van der Waals surface area contributed by atoms with E-state index < -0.39 is 0 Å². The van der Waals surface area contributed by atoms with Crippen molar-refractivity contribution in [2.75, 3.05) is 5.32 Å². The number of amidine groups is 1. The van der Waals surface area contributed by atoms with Gasteiger partial charge in [-0.2, -0.15) is 0 Å². The van der Waals surface area contributed by atoms with Gasteiger partial charge in [-0.15, -0.1) is 0 Å². The minimum atomic E-state index is 0.138. The predicted octanol–water partition coefficient (Wildman–Crippen LogP) is 4.14. The summed E-state index contributed by atoms with van der Waals surface area (Å²) < 4.78 is 0. The van der Waals surface area contributed by atoms with Gasteiger partial charge in [0.25, 0.3) is 0 Å². The minimum Gasteiger partial charge on any atom is -0.343 e. The van der Waals surface area contributed by atoms with Crippen LogP contribution in [0.25, 0.3) is 0 Å². The second-order valence-electron chi connectivity index (χ2n) is 7.23. The molecule has 0 unspecified atom stereocenters. The van der Waals surface area contributed by atoms with E-state index in [1.54, 1.807) is 0 Å². The molecule has 1 fully saturated rings. The Labute approximate surface area is 144 Å². The van der Waals surface area contributed by atoms with E-state index in [1.807, 2.05) is 0 Å². The molecular formula is C21H25N3. The number of rotatable bonds is 2. The standard InChI is InChI=1S/C21H25N3/c22-18-10-12-21(13-11-18)14-17-8-4-5-9-19(17)24-20(21)23-15-16-6-2-1-3-7-16/h1-9,18H,10-15,22H2,(H,23,24). The van der Waals surface area contributed by atoms with Crippen LogP contribution in [0.1, 0.15) is 36.8 Å². The van der Waals surface area contributed by atoms with E-state index in [9.17, 15) is 0 Å². The number of nitrogens with zero attached hydrogens (tertiary/aromatic N) is 1. The van der Waals surface area contributed by atoms with Gasteiger partial charge in [0.15, 0.2) is 0 Å². The maximum Gasteiger partial charge on any atom is 0.108 e. The number of fused-ring (bicyclic) bond motifs is 1. The number of hydrogen-bond donors (Lipinski definition) is 2. The molecule has 0 bridgehead atoms. The molecule has 3 heteroatoms. The van der Waals surface area contributed by atoms with Crippen molar-refractivity contribution in [3.63, 3.8) is 0 Å². The van der Waals surface area contributed by atoms with E-state index in [1.165, 1.54) is 16.8 Å². The number of para-hydroxylation sites is 1. The van der Waals surface area contributed by atoms with Crippen LogP contribution in [0.3, 0.4) is 0 Å². The number of aliphatic imine (C=N–C) groups is 1. The molecule has 0 saturated heterocycles. The van der Waals surface area contributed by atoms with Crippen LogP contribution >= 0.6 is 0 Å². The van der Waals surface area contributed by atoms with Crippen LogP contribution in [0.15, 0.2) is 59.6 Å². The van der Waals surface area contributed by atoms with Crippen LogP contribution in [-0.2, 0) is 13.0 Å². The highest BCUT2D eigenvalue weighted by Gasteiger charge is 2.42. The Morgan fingerprint density at radius 2 is 1.71 bits per heavy atom. The predicted molar refractivity (Wildman–Crippen MR) is 100 cm³/mol. The lowest BCUT2D eigenvalue weighted by Gasteiger charge is -2.44. The van der Waals surface area contributed by atoms with Gasteiger partial charge in [0, 0.05) is 17.1 Å². The lowest BCUT2D eigenvalue weighted by atomic mass is 9.66. The summed E-state index contributed by atoms with van der Waals surface area (Å²) in [5.74, 6) is 1.16. The Morgan fingerprint density at radius 1 is 1.00 bits per heavy atom. The van der Waals surface area contributed by atoms with Crippen molar-refractivity contribution in [2.45, 2.75) is 44.7 Å². The lowest BCUT2D eigenvalue weighted by Crippen LogP contribution is -2.46. The van der Waals surface area contributed by atoms with E-state index in [2.05, 4.69) is 59.9 Å². The number of hydrogen-bond acceptors (Lipinski definition) is 2. The molecule has 1 saturated carbocycles. The SMILES string of the molecule is NC1CCC2(CC1)Cc1ccccc1NC2=NCc1ccccc1. The van der Waals surface area contributed by atoms with Crippen molar-refractivity contribution in [1.82, 2.24) is 0 Å². The molecule has 4 rings (SSSR count). The zero-order valence-corrected chi connectivity index (χ0v) is 14.0. The van der Waals surface area contributed by atoms with Crippen LogP contribution in [0, 0.1) is 5.41 Å². The summed E-state index contributed by atoms with van der Waals surface area (Å²) in [7, 11) is 0. The summed E-state index contributed by atoms with van der Waals surface area (Å²) in [6, 6.07) is 19.5. The van der Waals surface area contributed by atoms with Crippen molar-refractivity contribution < 1.29 is 0 Å². The molecule has 3 nitrogen and oxygen atoms in total. The highest BCUT2D eigenvalue weighted by atomic mass is 15.0. The van der Waals surface area contributed by atoms with Gasteiger partial charge in [-0.25, -0.2) is 0 Å².